The Morgan fingerprint density at radius 3 is 3.00 bits per heavy atom. The molecule has 2 aromatic rings. The zero-order valence-corrected chi connectivity index (χ0v) is 16.6. The van der Waals surface area contributed by atoms with Gasteiger partial charge in [0.25, 0.3) is 5.56 Å². The van der Waals surface area contributed by atoms with Crippen molar-refractivity contribution >= 4 is 5.91 Å². The average molecular weight is 384 g/mol. The highest BCUT2D eigenvalue weighted by Gasteiger charge is 2.28. The Hall–Kier alpha value is -2.48. The third-order valence-electron chi connectivity index (χ3n) is 5.77. The maximum absolute atomic E-state index is 12.7. The van der Waals surface area contributed by atoms with Crippen LogP contribution in [0.5, 0.6) is 0 Å². The molecule has 4 rings (SSSR count). The molecule has 1 atom stereocenters. The van der Waals surface area contributed by atoms with Crippen LogP contribution in [0.1, 0.15) is 48.0 Å². The van der Waals surface area contributed by atoms with Crippen molar-refractivity contribution in [3.63, 3.8) is 0 Å². The van der Waals surface area contributed by atoms with E-state index in [2.05, 4.69) is 15.0 Å². The van der Waals surface area contributed by atoms with Gasteiger partial charge in [0, 0.05) is 57.7 Å². The molecule has 2 aromatic heterocycles. The van der Waals surface area contributed by atoms with Gasteiger partial charge >= 0.3 is 0 Å². The minimum Gasteiger partial charge on any atom is -0.342 e. The van der Waals surface area contributed by atoms with Gasteiger partial charge in [0.05, 0.1) is 17.0 Å². The number of likely N-dealkylation sites (N-methyl/N-ethyl adjacent to an activating group) is 1. The molecule has 8 nitrogen and oxygen atoms in total. The Labute approximate surface area is 164 Å². The molecule has 2 aliphatic rings. The Balaban J connectivity index is 1.43. The molecule has 2 aliphatic heterocycles. The highest BCUT2D eigenvalue weighted by atomic mass is 16.2. The van der Waals surface area contributed by atoms with Crippen LogP contribution in [0.15, 0.2) is 17.1 Å². The summed E-state index contributed by atoms with van der Waals surface area (Å²) in [5.41, 5.74) is 2.65. The molecular formula is C20H28N6O2. The Bertz CT molecular complexity index is 918. The minimum atomic E-state index is -0.0240. The number of carbonyl (C=O) groups excluding carboxylic acids is 1. The molecule has 4 heterocycles. The van der Waals surface area contributed by atoms with Gasteiger partial charge in [-0.15, -0.1) is 0 Å². The van der Waals surface area contributed by atoms with Crippen LogP contribution in [-0.4, -0.2) is 62.1 Å². The molecule has 0 aliphatic carbocycles. The van der Waals surface area contributed by atoms with Crippen molar-refractivity contribution in [1.29, 1.82) is 0 Å². The summed E-state index contributed by atoms with van der Waals surface area (Å²) in [5.74, 6) is 0.982. The standard InChI is InChI=1S/C20H28N6O2/c1-14-5-10-26(23-14)11-7-18(27)25-8-3-4-15(12-25)19-21-17-6-9-24(2)13-16(17)20(28)22-19/h5,10,15H,3-4,6-9,11-13H2,1-2H3,(H,21,22,28)/t15-/m1/s1. The number of hydrogen-bond donors (Lipinski definition) is 1. The Morgan fingerprint density at radius 2 is 2.21 bits per heavy atom. The number of piperidine rings is 1. The summed E-state index contributed by atoms with van der Waals surface area (Å²) in [5, 5.41) is 4.34. The van der Waals surface area contributed by atoms with Crippen molar-refractivity contribution in [2.75, 3.05) is 26.7 Å². The van der Waals surface area contributed by atoms with Crippen molar-refractivity contribution in [3.8, 4) is 0 Å². The van der Waals surface area contributed by atoms with Crippen molar-refractivity contribution in [2.45, 2.75) is 51.6 Å². The summed E-state index contributed by atoms with van der Waals surface area (Å²) in [6.07, 6.45) is 5.03. The van der Waals surface area contributed by atoms with E-state index in [-0.39, 0.29) is 17.4 Å². The van der Waals surface area contributed by atoms with E-state index in [1.165, 1.54) is 0 Å². The van der Waals surface area contributed by atoms with Gasteiger partial charge < -0.3 is 14.8 Å². The number of likely N-dealkylation sites (tertiary alicyclic amines) is 1. The molecule has 0 aromatic carbocycles. The summed E-state index contributed by atoms with van der Waals surface area (Å²) in [6.45, 7) is 5.50. The third kappa shape index (κ3) is 4.01. The van der Waals surface area contributed by atoms with E-state index >= 15 is 0 Å². The van der Waals surface area contributed by atoms with Crippen molar-refractivity contribution in [1.82, 2.24) is 29.5 Å². The van der Waals surface area contributed by atoms with Gasteiger partial charge in [-0.3, -0.25) is 14.3 Å². The van der Waals surface area contributed by atoms with E-state index in [1.54, 1.807) is 0 Å². The normalized spacial score (nSPS) is 20.2. The van der Waals surface area contributed by atoms with Crippen molar-refractivity contribution < 1.29 is 4.79 Å². The molecule has 28 heavy (non-hydrogen) atoms. The van der Waals surface area contributed by atoms with E-state index in [4.69, 9.17) is 4.98 Å². The second-order valence-corrected chi connectivity index (χ2v) is 8.01. The molecular weight excluding hydrogens is 356 g/mol. The molecule has 1 saturated heterocycles. The van der Waals surface area contributed by atoms with Crippen LogP contribution in [0.2, 0.25) is 0 Å². The molecule has 1 N–H and O–H groups in total. The zero-order chi connectivity index (χ0) is 19.7. The molecule has 1 fully saturated rings. The van der Waals surface area contributed by atoms with E-state index in [0.29, 0.717) is 26.1 Å². The molecule has 0 radical (unpaired) electrons. The first-order chi connectivity index (χ1) is 13.5. The first-order valence-electron chi connectivity index (χ1n) is 10.1. The fraction of sp³-hybridized carbons (Fsp3) is 0.600. The number of nitrogens with one attached hydrogen (secondary N) is 1. The van der Waals surface area contributed by atoms with Crippen LogP contribution in [-0.2, 0) is 24.3 Å². The summed E-state index contributed by atoms with van der Waals surface area (Å²) in [6, 6.07) is 1.94. The SMILES string of the molecule is Cc1ccn(CCC(=O)N2CCC[C@@H](c3nc4c(c(=O)[nH]3)CN(C)CC4)C2)n1. The van der Waals surface area contributed by atoms with Gasteiger partial charge in [0.15, 0.2) is 0 Å². The fourth-order valence-corrected chi connectivity index (χ4v) is 4.16. The Kier molecular flexibility index (Phi) is 5.30. The fourth-order valence-electron chi connectivity index (χ4n) is 4.16. The smallest absolute Gasteiger partial charge is 0.255 e. The largest absolute Gasteiger partial charge is 0.342 e. The van der Waals surface area contributed by atoms with Gasteiger partial charge in [0.2, 0.25) is 5.91 Å². The van der Waals surface area contributed by atoms with Crippen molar-refractivity contribution in [3.05, 3.63) is 45.4 Å². The van der Waals surface area contributed by atoms with Gasteiger partial charge in [0.1, 0.15) is 5.82 Å². The quantitative estimate of drug-likeness (QED) is 0.852. The number of aromatic amines is 1. The number of carbonyl (C=O) groups is 1. The summed E-state index contributed by atoms with van der Waals surface area (Å²) in [7, 11) is 2.02. The molecule has 0 unspecified atom stereocenters. The monoisotopic (exact) mass is 384 g/mol. The maximum Gasteiger partial charge on any atom is 0.255 e. The summed E-state index contributed by atoms with van der Waals surface area (Å²) >= 11 is 0. The molecule has 0 bridgehead atoms. The second kappa shape index (κ2) is 7.87. The number of amides is 1. The number of fused-ring (bicyclic) bond motifs is 1. The minimum absolute atomic E-state index is 0.0240. The average Bonchev–Trinajstić information content (AvgIpc) is 3.12. The maximum atomic E-state index is 12.7. The second-order valence-electron chi connectivity index (χ2n) is 8.01. The van der Waals surface area contributed by atoms with E-state index in [9.17, 15) is 9.59 Å². The predicted octanol–water partition coefficient (Wildman–Crippen LogP) is 1.06. The van der Waals surface area contributed by atoms with Crippen molar-refractivity contribution in [2.24, 2.45) is 0 Å². The van der Waals surface area contributed by atoms with E-state index in [1.807, 2.05) is 35.8 Å². The third-order valence-corrected chi connectivity index (χ3v) is 5.77. The van der Waals surface area contributed by atoms with E-state index < -0.39 is 0 Å². The highest BCUT2D eigenvalue weighted by molar-refractivity contribution is 5.76. The van der Waals surface area contributed by atoms with Crippen LogP contribution in [0, 0.1) is 6.92 Å². The predicted molar refractivity (Wildman–Crippen MR) is 105 cm³/mol. The Morgan fingerprint density at radius 1 is 1.36 bits per heavy atom. The highest BCUT2D eigenvalue weighted by Crippen LogP contribution is 2.25. The topological polar surface area (TPSA) is 87.1 Å². The number of hydrogen-bond acceptors (Lipinski definition) is 5. The lowest BCUT2D eigenvalue weighted by atomic mass is 9.96. The zero-order valence-electron chi connectivity index (χ0n) is 16.6. The van der Waals surface area contributed by atoms with Crippen LogP contribution < -0.4 is 5.56 Å². The lowest BCUT2D eigenvalue weighted by Crippen LogP contribution is -2.41. The number of aryl methyl sites for hydroxylation is 2. The van der Waals surface area contributed by atoms with Gasteiger partial charge in [-0.1, -0.05) is 0 Å². The van der Waals surface area contributed by atoms with Crippen LogP contribution in [0.4, 0.5) is 0 Å². The molecule has 0 saturated carbocycles. The number of H-pyrrole nitrogens is 1. The molecule has 0 spiro atoms. The van der Waals surface area contributed by atoms with Gasteiger partial charge in [-0.25, -0.2) is 4.98 Å². The first kappa shape index (κ1) is 18.9. The van der Waals surface area contributed by atoms with Crippen LogP contribution >= 0.6 is 0 Å². The lowest BCUT2D eigenvalue weighted by molar-refractivity contribution is -0.132. The van der Waals surface area contributed by atoms with Gasteiger partial charge in [-0.05, 0) is 32.9 Å². The van der Waals surface area contributed by atoms with Crippen LogP contribution in [0.25, 0.3) is 0 Å². The number of rotatable bonds is 4. The molecule has 8 heteroatoms. The summed E-state index contributed by atoms with van der Waals surface area (Å²) in [4.78, 5) is 37.1. The van der Waals surface area contributed by atoms with E-state index in [0.717, 1.165) is 55.1 Å². The first-order valence-corrected chi connectivity index (χ1v) is 10.1. The molecule has 150 valence electrons. The number of nitrogens with zero attached hydrogens (tertiary/aromatic N) is 5. The number of aromatic nitrogens is 4. The van der Waals surface area contributed by atoms with Gasteiger partial charge in [-0.2, -0.15) is 5.10 Å². The lowest BCUT2D eigenvalue weighted by Gasteiger charge is -2.33. The molecule has 1 amide bonds. The van der Waals surface area contributed by atoms with Crippen LogP contribution in [0.3, 0.4) is 0 Å². The summed E-state index contributed by atoms with van der Waals surface area (Å²) < 4.78 is 1.81.